The Morgan fingerprint density at radius 1 is 1.31 bits per heavy atom. The van der Waals surface area contributed by atoms with Crippen molar-refractivity contribution in [2.24, 2.45) is 10.9 Å². The highest BCUT2D eigenvalue weighted by molar-refractivity contribution is 5.93. The van der Waals surface area contributed by atoms with Crippen LogP contribution in [0.15, 0.2) is 23.2 Å². The quantitative estimate of drug-likeness (QED) is 0.856. The lowest BCUT2D eigenvalue weighted by atomic mass is 10.0. The monoisotopic (exact) mass is 369 g/mol. The number of benzene rings is 1. The number of amides is 1. The molecule has 1 amide bonds. The maximum absolute atomic E-state index is 13.1. The molecule has 1 heterocycles. The second-order valence-corrected chi connectivity index (χ2v) is 6.95. The van der Waals surface area contributed by atoms with E-state index >= 15 is 0 Å². The van der Waals surface area contributed by atoms with Gasteiger partial charge in [0.05, 0.1) is 0 Å². The molecule has 1 aromatic carbocycles. The minimum Gasteiger partial charge on any atom is -0.455 e. The van der Waals surface area contributed by atoms with E-state index in [0.29, 0.717) is 5.69 Å². The molecule has 1 saturated carbocycles. The number of carbonyl (C=O) groups is 1. The number of nitrogens with one attached hydrogen (secondary N) is 2. The van der Waals surface area contributed by atoms with Crippen LogP contribution in [-0.4, -0.2) is 36.8 Å². The van der Waals surface area contributed by atoms with Crippen LogP contribution < -0.4 is 10.6 Å². The summed E-state index contributed by atoms with van der Waals surface area (Å²) in [6.45, 7) is 3.49. The summed E-state index contributed by atoms with van der Waals surface area (Å²) in [5.74, 6) is -0.229. The Morgan fingerprint density at radius 3 is 2.65 bits per heavy atom. The minimum atomic E-state index is -4.41. The smallest absolute Gasteiger partial charge is 0.411 e. The van der Waals surface area contributed by atoms with Crippen LogP contribution >= 0.6 is 0 Å². The third-order valence-corrected chi connectivity index (χ3v) is 4.76. The molecule has 142 valence electrons. The molecule has 2 N–H and O–H groups in total. The topological polar surface area (TPSA) is 62.7 Å². The van der Waals surface area contributed by atoms with E-state index in [-0.39, 0.29) is 24.4 Å². The molecule has 26 heavy (non-hydrogen) atoms. The molecule has 1 aromatic rings. The van der Waals surface area contributed by atoms with Crippen molar-refractivity contribution >= 4 is 17.6 Å². The van der Waals surface area contributed by atoms with Crippen LogP contribution in [0.1, 0.15) is 30.4 Å². The van der Waals surface area contributed by atoms with Gasteiger partial charge < -0.3 is 15.4 Å². The van der Waals surface area contributed by atoms with Gasteiger partial charge in [-0.15, -0.1) is 0 Å². The third kappa shape index (κ3) is 4.68. The van der Waals surface area contributed by atoms with Gasteiger partial charge in [-0.1, -0.05) is 6.07 Å². The highest BCUT2D eigenvalue weighted by Gasteiger charge is 2.46. The minimum absolute atomic E-state index is 0.0874. The number of aryl methyl sites for hydroxylation is 2. The van der Waals surface area contributed by atoms with Crippen molar-refractivity contribution in [1.29, 1.82) is 0 Å². The number of nitrogens with zero attached hydrogens (tertiary/aromatic N) is 1. The Balaban J connectivity index is 1.58. The Kier molecular flexibility index (Phi) is 5.11. The number of hydrogen-bond donors (Lipinski definition) is 2. The molecular weight excluding hydrogens is 347 g/mol. The normalized spacial score (nSPS) is 23.0. The van der Waals surface area contributed by atoms with Gasteiger partial charge in [0.25, 0.3) is 11.9 Å². The fourth-order valence-corrected chi connectivity index (χ4v) is 2.93. The fraction of sp³-hybridized carbons (Fsp3) is 0.556. The zero-order chi connectivity index (χ0) is 18.9. The Hall–Kier alpha value is -2.25. The molecule has 2 atom stereocenters. The van der Waals surface area contributed by atoms with Gasteiger partial charge in [0.15, 0.2) is 12.6 Å². The number of rotatable bonds is 4. The first-order chi connectivity index (χ1) is 12.2. The van der Waals surface area contributed by atoms with Crippen LogP contribution in [0.25, 0.3) is 0 Å². The first-order valence-corrected chi connectivity index (χ1v) is 8.63. The van der Waals surface area contributed by atoms with Crippen molar-refractivity contribution in [3.8, 4) is 0 Å². The number of carbonyl (C=O) groups excluding carboxylic acids is 1. The van der Waals surface area contributed by atoms with Crippen molar-refractivity contribution in [1.82, 2.24) is 5.32 Å². The fourth-order valence-electron chi connectivity index (χ4n) is 2.93. The van der Waals surface area contributed by atoms with Gasteiger partial charge in [0, 0.05) is 11.7 Å². The van der Waals surface area contributed by atoms with E-state index in [2.05, 4.69) is 15.6 Å². The number of ether oxygens (including phenoxy) is 1. The molecule has 3 rings (SSSR count). The van der Waals surface area contributed by atoms with Gasteiger partial charge in [-0.3, -0.25) is 4.79 Å². The average Bonchev–Trinajstić information content (AvgIpc) is 3.40. The Labute approximate surface area is 150 Å². The van der Waals surface area contributed by atoms with Gasteiger partial charge in [0.2, 0.25) is 0 Å². The summed E-state index contributed by atoms with van der Waals surface area (Å²) < 4.78 is 44.4. The molecule has 0 bridgehead atoms. The van der Waals surface area contributed by atoms with E-state index in [4.69, 9.17) is 4.74 Å². The standard InChI is InChI=1S/C18H22F3N3O2/c1-10-3-6-13(7-11(10)2)22-16(25)9-26-17-23-14(12-4-5-12)8-15(24-17)18(19,20)21/h3,6-7,12,14-15H,4-5,8-9H2,1-2H3,(H,22,25)(H,23,24). The van der Waals surface area contributed by atoms with E-state index in [1.54, 1.807) is 6.07 Å². The third-order valence-electron chi connectivity index (χ3n) is 4.76. The number of aliphatic imine (C=N–C) groups is 1. The van der Waals surface area contributed by atoms with E-state index in [0.717, 1.165) is 24.0 Å². The summed E-state index contributed by atoms with van der Waals surface area (Å²) in [4.78, 5) is 15.6. The largest absolute Gasteiger partial charge is 0.455 e. The summed E-state index contributed by atoms with van der Waals surface area (Å²) in [6.07, 6.45) is -2.69. The van der Waals surface area contributed by atoms with Gasteiger partial charge in [-0.25, -0.2) is 4.99 Å². The molecule has 0 saturated heterocycles. The first kappa shape index (κ1) is 18.5. The van der Waals surface area contributed by atoms with E-state index in [1.807, 2.05) is 26.0 Å². The van der Waals surface area contributed by atoms with Crippen molar-refractivity contribution in [3.63, 3.8) is 0 Å². The van der Waals surface area contributed by atoms with E-state index < -0.39 is 24.7 Å². The summed E-state index contributed by atoms with van der Waals surface area (Å²) in [5.41, 5.74) is 2.75. The number of halogens is 3. The Bertz CT molecular complexity index is 714. The second kappa shape index (κ2) is 7.17. The van der Waals surface area contributed by atoms with E-state index in [1.165, 1.54) is 0 Å². The highest BCUT2D eigenvalue weighted by atomic mass is 19.4. The summed E-state index contributed by atoms with van der Waals surface area (Å²) >= 11 is 0. The first-order valence-electron chi connectivity index (χ1n) is 8.63. The molecule has 1 fully saturated rings. The zero-order valence-electron chi connectivity index (χ0n) is 14.7. The van der Waals surface area contributed by atoms with E-state index in [9.17, 15) is 18.0 Å². The van der Waals surface area contributed by atoms with Crippen LogP contribution in [0.4, 0.5) is 18.9 Å². The van der Waals surface area contributed by atoms with Crippen LogP contribution in [0, 0.1) is 19.8 Å². The van der Waals surface area contributed by atoms with Gasteiger partial charge in [-0.05, 0) is 62.3 Å². The molecule has 0 aromatic heterocycles. The summed E-state index contributed by atoms with van der Waals surface area (Å²) in [5, 5.41) is 5.57. The lowest BCUT2D eigenvalue weighted by Gasteiger charge is -2.30. The van der Waals surface area contributed by atoms with Crippen molar-refractivity contribution in [3.05, 3.63) is 29.3 Å². The molecule has 8 heteroatoms. The summed E-state index contributed by atoms with van der Waals surface area (Å²) in [6, 6.07) is 3.17. The molecule has 2 aliphatic rings. The molecule has 5 nitrogen and oxygen atoms in total. The lowest BCUT2D eigenvalue weighted by Crippen LogP contribution is -2.48. The zero-order valence-corrected chi connectivity index (χ0v) is 14.7. The molecule has 1 aliphatic carbocycles. The number of hydrogen-bond acceptors (Lipinski definition) is 4. The molecule has 2 unspecified atom stereocenters. The van der Waals surface area contributed by atoms with Gasteiger partial charge >= 0.3 is 6.18 Å². The molecular formula is C18H22F3N3O2. The van der Waals surface area contributed by atoms with Crippen molar-refractivity contribution in [2.75, 3.05) is 11.9 Å². The number of anilines is 1. The predicted molar refractivity (Wildman–Crippen MR) is 92.0 cm³/mol. The average molecular weight is 369 g/mol. The maximum atomic E-state index is 13.1. The molecule has 0 radical (unpaired) electrons. The second-order valence-electron chi connectivity index (χ2n) is 6.95. The van der Waals surface area contributed by atoms with Gasteiger partial charge in [0.1, 0.15) is 0 Å². The number of alkyl halides is 3. The van der Waals surface area contributed by atoms with Crippen LogP contribution in [0.2, 0.25) is 0 Å². The predicted octanol–water partition coefficient (Wildman–Crippen LogP) is 3.32. The van der Waals surface area contributed by atoms with Crippen molar-refractivity contribution in [2.45, 2.75) is 51.4 Å². The lowest BCUT2D eigenvalue weighted by molar-refractivity contribution is -0.151. The Morgan fingerprint density at radius 2 is 2.04 bits per heavy atom. The van der Waals surface area contributed by atoms with Gasteiger partial charge in [-0.2, -0.15) is 13.2 Å². The molecule has 0 spiro atoms. The van der Waals surface area contributed by atoms with Crippen LogP contribution in [-0.2, 0) is 9.53 Å². The van der Waals surface area contributed by atoms with Crippen molar-refractivity contribution < 1.29 is 22.7 Å². The SMILES string of the molecule is Cc1ccc(NC(=O)COC2=NC(C(F)(F)F)CC(C3CC3)N2)cc1C. The summed E-state index contributed by atoms with van der Waals surface area (Å²) in [7, 11) is 0. The number of amidine groups is 1. The molecule has 1 aliphatic heterocycles. The van der Waals surface area contributed by atoms with Crippen LogP contribution in [0.3, 0.4) is 0 Å². The highest BCUT2D eigenvalue weighted by Crippen LogP contribution is 2.38. The van der Waals surface area contributed by atoms with Crippen LogP contribution in [0.5, 0.6) is 0 Å². The maximum Gasteiger partial charge on any atom is 0.411 e.